The Kier molecular flexibility index (Phi) is 4.38. The van der Waals surface area contributed by atoms with Gasteiger partial charge in [-0.25, -0.2) is 0 Å². The third-order valence-electron chi connectivity index (χ3n) is 3.17. The van der Waals surface area contributed by atoms with Crippen molar-refractivity contribution in [1.29, 1.82) is 0 Å². The van der Waals surface area contributed by atoms with Crippen molar-refractivity contribution in [2.24, 2.45) is 5.73 Å². The molecule has 0 unspecified atom stereocenters. The zero-order chi connectivity index (χ0) is 14.5. The molecule has 0 atom stereocenters. The van der Waals surface area contributed by atoms with E-state index in [1.54, 1.807) is 25.1 Å². The lowest BCUT2D eigenvalue weighted by molar-refractivity contribution is 0.0993. The van der Waals surface area contributed by atoms with Crippen LogP contribution in [0.5, 0.6) is 5.75 Å². The Morgan fingerprint density at radius 2 is 1.90 bits per heavy atom. The van der Waals surface area contributed by atoms with E-state index in [0.717, 1.165) is 17.0 Å². The van der Waals surface area contributed by atoms with Gasteiger partial charge in [0.15, 0.2) is 0 Å². The minimum Gasteiger partial charge on any atom is -0.497 e. The van der Waals surface area contributed by atoms with Gasteiger partial charge in [-0.3, -0.25) is 4.79 Å². The fourth-order valence-corrected chi connectivity index (χ4v) is 1.95. The van der Waals surface area contributed by atoms with E-state index in [0.29, 0.717) is 12.1 Å². The second kappa shape index (κ2) is 6.21. The number of anilines is 1. The fraction of sp³-hybridized carbons (Fsp3) is 0.188. The van der Waals surface area contributed by atoms with Crippen LogP contribution >= 0.6 is 0 Å². The molecule has 0 aliphatic carbocycles. The molecule has 2 N–H and O–H groups in total. The quantitative estimate of drug-likeness (QED) is 0.928. The van der Waals surface area contributed by atoms with Gasteiger partial charge in [-0.2, -0.15) is 0 Å². The van der Waals surface area contributed by atoms with Crippen LogP contribution in [0.25, 0.3) is 0 Å². The van der Waals surface area contributed by atoms with Crippen molar-refractivity contribution < 1.29 is 9.53 Å². The molecule has 0 saturated carbocycles. The topological polar surface area (TPSA) is 55.6 Å². The first-order chi connectivity index (χ1) is 9.65. The molecule has 2 rings (SSSR count). The second-order valence-corrected chi connectivity index (χ2v) is 4.47. The van der Waals surface area contributed by atoms with Gasteiger partial charge in [-0.1, -0.05) is 12.1 Å². The number of carbonyl (C=O) groups is 1. The molecule has 0 radical (unpaired) electrons. The predicted octanol–water partition coefficient (Wildman–Crippen LogP) is 2.43. The maximum atomic E-state index is 12.4. The van der Waals surface area contributed by atoms with Crippen LogP contribution in [0.15, 0.2) is 48.5 Å². The molecule has 0 aromatic heterocycles. The highest BCUT2D eigenvalue weighted by Crippen LogP contribution is 2.20. The van der Waals surface area contributed by atoms with E-state index < -0.39 is 0 Å². The smallest absolute Gasteiger partial charge is 0.258 e. The van der Waals surface area contributed by atoms with Crippen LogP contribution in [-0.2, 0) is 6.54 Å². The van der Waals surface area contributed by atoms with Gasteiger partial charge < -0.3 is 15.4 Å². The molecule has 4 heteroatoms. The molecule has 2 aromatic rings. The van der Waals surface area contributed by atoms with Gasteiger partial charge in [0.25, 0.3) is 5.91 Å². The van der Waals surface area contributed by atoms with E-state index in [9.17, 15) is 4.79 Å². The summed E-state index contributed by atoms with van der Waals surface area (Å²) in [6, 6.07) is 14.7. The summed E-state index contributed by atoms with van der Waals surface area (Å²) in [4.78, 5) is 14.0. The van der Waals surface area contributed by atoms with Crippen molar-refractivity contribution >= 4 is 11.6 Å². The van der Waals surface area contributed by atoms with E-state index in [4.69, 9.17) is 10.5 Å². The minimum atomic E-state index is -0.0644. The number of hydrogen-bond acceptors (Lipinski definition) is 3. The number of benzene rings is 2. The number of carbonyl (C=O) groups excluding carboxylic acids is 1. The zero-order valence-electron chi connectivity index (χ0n) is 11.7. The maximum absolute atomic E-state index is 12.4. The summed E-state index contributed by atoms with van der Waals surface area (Å²) in [6.45, 7) is 0.424. The first-order valence-corrected chi connectivity index (χ1v) is 6.37. The summed E-state index contributed by atoms with van der Waals surface area (Å²) < 4.78 is 5.11. The van der Waals surface area contributed by atoms with Crippen molar-refractivity contribution in [2.75, 3.05) is 19.1 Å². The van der Waals surface area contributed by atoms with Gasteiger partial charge in [0.05, 0.1) is 7.11 Å². The van der Waals surface area contributed by atoms with Gasteiger partial charge in [-0.15, -0.1) is 0 Å². The maximum Gasteiger partial charge on any atom is 0.258 e. The summed E-state index contributed by atoms with van der Waals surface area (Å²) in [5.74, 6) is 0.699. The average molecular weight is 270 g/mol. The first-order valence-electron chi connectivity index (χ1n) is 6.37. The van der Waals surface area contributed by atoms with Gasteiger partial charge in [0, 0.05) is 24.8 Å². The molecule has 0 aliphatic rings. The fourth-order valence-electron chi connectivity index (χ4n) is 1.95. The number of nitrogens with zero attached hydrogens (tertiary/aromatic N) is 1. The summed E-state index contributed by atoms with van der Waals surface area (Å²) in [7, 11) is 3.36. The van der Waals surface area contributed by atoms with Crippen molar-refractivity contribution in [3.8, 4) is 5.75 Å². The van der Waals surface area contributed by atoms with Crippen LogP contribution in [-0.4, -0.2) is 20.1 Å². The van der Waals surface area contributed by atoms with Crippen LogP contribution in [0, 0.1) is 0 Å². The Bertz CT molecular complexity index is 594. The Morgan fingerprint density at radius 3 is 2.50 bits per heavy atom. The number of hydrogen-bond donors (Lipinski definition) is 1. The molecular weight excluding hydrogens is 252 g/mol. The summed E-state index contributed by atoms with van der Waals surface area (Å²) in [5.41, 5.74) is 7.99. The van der Waals surface area contributed by atoms with E-state index in [1.165, 1.54) is 0 Å². The Morgan fingerprint density at radius 1 is 1.20 bits per heavy atom. The summed E-state index contributed by atoms with van der Waals surface area (Å²) in [5, 5.41) is 0. The average Bonchev–Trinajstić information content (AvgIpc) is 2.53. The molecule has 0 heterocycles. The van der Waals surface area contributed by atoms with Crippen molar-refractivity contribution in [1.82, 2.24) is 0 Å². The monoisotopic (exact) mass is 270 g/mol. The molecule has 0 aliphatic heterocycles. The number of amides is 1. The van der Waals surface area contributed by atoms with E-state index in [2.05, 4.69) is 0 Å². The highest BCUT2D eigenvalue weighted by Gasteiger charge is 2.13. The van der Waals surface area contributed by atoms with Crippen LogP contribution in [0.2, 0.25) is 0 Å². The summed E-state index contributed by atoms with van der Waals surface area (Å²) in [6.07, 6.45) is 0. The SMILES string of the molecule is COc1ccc(N(C)C(=O)c2cccc(CN)c2)cc1. The third-order valence-corrected chi connectivity index (χ3v) is 3.17. The number of ether oxygens (including phenoxy) is 1. The Hall–Kier alpha value is -2.33. The van der Waals surface area contributed by atoms with Crippen LogP contribution < -0.4 is 15.4 Å². The molecule has 1 amide bonds. The molecule has 0 saturated heterocycles. The van der Waals surface area contributed by atoms with Gasteiger partial charge in [0.1, 0.15) is 5.75 Å². The third kappa shape index (κ3) is 2.97. The normalized spacial score (nSPS) is 10.2. The highest BCUT2D eigenvalue weighted by molar-refractivity contribution is 6.05. The zero-order valence-corrected chi connectivity index (χ0v) is 11.7. The Labute approximate surface area is 118 Å². The van der Waals surface area contributed by atoms with Gasteiger partial charge in [-0.05, 0) is 42.0 Å². The molecule has 20 heavy (non-hydrogen) atoms. The first kappa shape index (κ1) is 14.1. The lowest BCUT2D eigenvalue weighted by Crippen LogP contribution is -2.26. The van der Waals surface area contributed by atoms with E-state index >= 15 is 0 Å². The molecule has 2 aromatic carbocycles. The molecular formula is C16H18N2O2. The van der Waals surface area contributed by atoms with Gasteiger partial charge >= 0.3 is 0 Å². The lowest BCUT2D eigenvalue weighted by Gasteiger charge is -2.18. The van der Waals surface area contributed by atoms with Gasteiger partial charge in [0.2, 0.25) is 0 Å². The Balaban J connectivity index is 2.22. The van der Waals surface area contributed by atoms with Crippen molar-refractivity contribution in [3.05, 3.63) is 59.7 Å². The van der Waals surface area contributed by atoms with E-state index in [-0.39, 0.29) is 5.91 Å². The van der Waals surface area contributed by atoms with Crippen LogP contribution in [0.4, 0.5) is 5.69 Å². The van der Waals surface area contributed by atoms with Crippen molar-refractivity contribution in [2.45, 2.75) is 6.54 Å². The predicted molar refractivity (Wildman–Crippen MR) is 80.1 cm³/mol. The molecule has 0 fully saturated rings. The summed E-state index contributed by atoms with van der Waals surface area (Å²) >= 11 is 0. The lowest BCUT2D eigenvalue weighted by atomic mass is 10.1. The number of rotatable bonds is 4. The largest absolute Gasteiger partial charge is 0.497 e. The van der Waals surface area contributed by atoms with Crippen LogP contribution in [0.1, 0.15) is 15.9 Å². The minimum absolute atomic E-state index is 0.0644. The number of nitrogens with two attached hydrogens (primary N) is 1. The van der Waals surface area contributed by atoms with Crippen molar-refractivity contribution in [3.63, 3.8) is 0 Å². The standard InChI is InChI=1S/C16H18N2O2/c1-18(14-6-8-15(20-2)9-7-14)16(19)13-5-3-4-12(10-13)11-17/h3-10H,11,17H2,1-2H3. The van der Waals surface area contributed by atoms with E-state index in [1.807, 2.05) is 42.5 Å². The highest BCUT2D eigenvalue weighted by atomic mass is 16.5. The second-order valence-electron chi connectivity index (χ2n) is 4.47. The number of methoxy groups -OCH3 is 1. The molecule has 0 bridgehead atoms. The molecule has 0 spiro atoms. The molecule has 104 valence electrons. The molecule has 4 nitrogen and oxygen atoms in total. The van der Waals surface area contributed by atoms with Crippen LogP contribution in [0.3, 0.4) is 0 Å².